The third-order valence-corrected chi connectivity index (χ3v) is 4.79. The molecule has 3 rings (SSSR count). The number of hydrogen-bond donors (Lipinski definition) is 2. The fraction of sp³-hybridized carbons (Fsp3) is 0.333. The Morgan fingerprint density at radius 1 is 1.07 bits per heavy atom. The van der Waals surface area contributed by atoms with E-state index in [2.05, 4.69) is 0 Å². The second-order valence-corrected chi connectivity index (χ2v) is 6.96. The summed E-state index contributed by atoms with van der Waals surface area (Å²) in [4.78, 5) is 22.7. The van der Waals surface area contributed by atoms with Gasteiger partial charge in [0.15, 0.2) is 0 Å². The summed E-state index contributed by atoms with van der Waals surface area (Å²) in [5, 5.41) is 18.6. The van der Waals surface area contributed by atoms with E-state index in [9.17, 15) is 19.8 Å². The lowest BCUT2D eigenvalue weighted by Crippen LogP contribution is -2.08. The van der Waals surface area contributed by atoms with E-state index in [1.165, 1.54) is 7.11 Å². The van der Waals surface area contributed by atoms with Gasteiger partial charge in [-0.2, -0.15) is 0 Å². The van der Waals surface area contributed by atoms with Gasteiger partial charge >= 0.3 is 11.9 Å². The molecule has 27 heavy (non-hydrogen) atoms. The summed E-state index contributed by atoms with van der Waals surface area (Å²) in [6.07, 6.45) is 1.50. The maximum Gasteiger partial charge on any atom is 0.339 e. The molecule has 2 N–H and O–H groups in total. The number of hydrogen-bond acceptors (Lipinski definition) is 4. The molecular formula is C21H22O6. The topological polar surface area (TPSA) is 93.1 Å². The van der Waals surface area contributed by atoms with Crippen molar-refractivity contribution in [3.63, 3.8) is 0 Å². The summed E-state index contributed by atoms with van der Waals surface area (Å²) in [6.45, 7) is 3.64. The van der Waals surface area contributed by atoms with Crippen LogP contribution in [0.25, 0.3) is 0 Å². The van der Waals surface area contributed by atoms with Crippen molar-refractivity contribution in [1.29, 1.82) is 0 Å². The lowest BCUT2D eigenvalue weighted by Gasteiger charge is -2.12. The molecule has 0 aliphatic heterocycles. The molecule has 0 saturated heterocycles. The Balaban J connectivity index is 1.72. The molecular weight excluding hydrogens is 348 g/mol. The highest BCUT2D eigenvalue weighted by atomic mass is 16.5. The molecule has 2 aromatic carbocycles. The van der Waals surface area contributed by atoms with E-state index in [4.69, 9.17) is 9.47 Å². The van der Waals surface area contributed by atoms with Crippen LogP contribution in [0, 0.1) is 19.8 Å². The fourth-order valence-corrected chi connectivity index (χ4v) is 3.33. The molecule has 6 heteroatoms. The molecule has 0 aromatic heterocycles. The molecule has 0 bridgehead atoms. The lowest BCUT2D eigenvalue weighted by atomic mass is 10.0. The molecule has 142 valence electrons. The molecule has 2 aromatic rings. The van der Waals surface area contributed by atoms with Gasteiger partial charge in [0.05, 0.1) is 7.11 Å². The Kier molecular flexibility index (Phi) is 5.08. The average Bonchev–Trinajstić information content (AvgIpc) is 3.30. The summed E-state index contributed by atoms with van der Waals surface area (Å²) in [7, 11) is 1.46. The fourth-order valence-electron chi connectivity index (χ4n) is 3.33. The number of carbonyl (C=O) groups is 2. The van der Waals surface area contributed by atoms with Crippen molar-refractivity contribution >= 4 is 11.9 Å². The minimum Gasteiger partial charge on any atom is -0.496 e. The molecule has 0 radical (unpaired) electrons. The maximum atomic E-state index is 11.4. The van der Waals surface area contributed by atoms with Crippen LogP contribution >= 0.6 is 0 Å². The number of carboxylic acid groups (broad SMARTS) is 2. The van der Waals surface area contributed by atoms with E-state index in [0.717, 1.165) is 24.0 Å². The smallest absolute Gasteiger partial charge is 0.339 e. The second-order valence-electron chi connectivity index (χ2n) is 6.96. The van der Waals surface area contributed by atoms with Crippen LogP contribution in [0.1, 0.15) is 43.8 Å². The van der Waals surface area contributed by atoms with E-state index in [0.29, 0.717) is 17.1 Å². The summed E-state index contributed by atoms with van der Waals surface area (Å²) >= 11 is 0. The summed E-state index contributed by atoms with van der Waals surface area (Å²) < 4.78 is 11.2. The SMILES string of the molecule is COc1cc(CC2CC2Oc2cc(C)ccc2C(=O)O)cc(C)c1C(=O)O. The van der Waals surface area contributed by atoms with Gasteiger partial charge in [-0.05, 0) is 61.6 Å². The highest BCUT2D eigenvalue weighted by molar-refractivity contribution is 5.93. The van der Waals surface area contributed by atoms with Crippen LogP contribution in [0.2, 0.25) is 0 Å². The van der Waals surface area contributed by atoms with Gasteiger partial charge in [-0.15, -0.1) is 0 Å². The van der Waals surface area contributed by atoms with Gasteiger partial charge in [-0.25, -0.2) is 9.59 Å². The van der Waals surface area contributed by atoms with Crippen molar-refractivity contribution in [2.45, 2.75) is 32.8 Å². The molecule has 0 amide bonds. The molecule has 2 unspecified atom stereocenters. The molecule has 2 atom stereocenters. The van der Waals surface area contributed by atoms with Gasteiger partial charge < -0.3 is 19.7 Å². The first-order valence-corrected chi connectivity index (χ1v) is 8.71. The zero-order valence-corrected chi connectivity index (χ0v) is 15.5. The van der Waals surface area contributed by atoms with Crippen molar-refractivity contribution in [3.05, 3.63) is 58.1 Å². The first kappa shape index (κ1) is 18.8. The van der Waals surface area contributed by atoms with Crippen LogP contribution in [-0.2, 0) is 6.42 Å². The monoisotopic (exact) mass is 370 g/mol. The maximum absolute atomic E-state index is 11.4. The van der Waals surface area contributed by atoms with Crippen molar-refractivity contribution in [3.8, 4) is 11.5 Å². The first-order valence-electron chi connectivity index (χ1n) is 8.71. The van der Waals surface area contributed by atoms with Crippen LogP contribution in [0.4, 0.5) is 0 Å². The van der Waals surface area contributed by atoms with E-state index < -0.39 is 11.9 Å². The lowest BCUT2D eigenvalue weighted by molar-refractivity contribution is 0.0680. The van der Waals surface area contributed by atoms with Gasteiger partial charge in [0, 0.05) is 5.92 Å². The van der Waals surface area contributed by atoms with Crippen LogP contribution in [-0.4, -0.2) is 35.4 Å². The molecule has 1 aliphatic carbocycles. The number of carboxylic acids is 2. The molecule has 1 saturated carbocycles. The van der Waals surface area contributed by atoms with Crippen molar-refractivity contribution < 1.29 is 29.3 Å². The quantitative estimate of drug-likeness (QED) is 0.772. The van der Waals surface area contributed by atoms with Crippen molar-refractivity contribution in [1.82, 2.24) is 0 Å². The van der Waals surface area contributed by atoms with Gasteiger partial charge in [0.2, 0.25) is 0 Å². The third kappa shape index (κ3) is 4.05. The normalized spacial score (nSPS) is 18.0. The Bertz CT molecular complexity index is 902. The number of ether oxygens (including phenoxy) is 2. The van der Waals surface area contributed by atoms with Gasteiger partial charge in [-0.1, -0.05) is 12.1 Å². The molecule has 1 fully saturated rings. The Hall–Kier alpha value is -3.02. The Morgan fingerprint density at radius 3 is 2.44 bits per heavy atom. The number of aryl methyl sites for hydroxylation is 2. The minimum atomic E-state index is -1.01. The largest absolute Gasteiger partial charge is 0.496 e. The average molecular weight is 370 g/mol. The van der Waals surface area contributed by atoms with Crippen LogP contribution < -0.4 is 9.47 Å². The van der Waals surface area contributed by atoms with Gasteiger partial charge in [-0.3, -0.25) is 0 Å². The van der Waals surface area contributed by atoms with E-state index in [1.54, 1.807) is 31.2 Å². The van der Waals surface area contributed by atoms with Gasteiger partial charge in [0.1, 0.15) is 28.7 Å². The van der Waals surface area contributed by atoms with E-state index >= 15 is 0 Å². The molecule has 0 heterocycles. The zero-order valence-electron chi connectivity index (χ0n) is 15.5. The van der Waals surface area contributed by atoms with E-state index in [1.807, 2.05) is 13.0 Å². The summed E-state index contributed by atoms with van der Waals surface area (Å²) in [5.41, 5.74) is 2.91. The molecule has 6 nitrogen and oxygen atoms in total. The standard InChI is InChI=1S/C21H22O6/c1-11-4-5-15(20(22)23)17(6-11)27-16-10-14(16)8-13-7-12(2)19(21(24)25)18(9-13)26-3/h4-7,9,14,16H,8,10H2,1-3H3,(H,22,23)(H,24,25). The molecule has 1 aliphatic rings. The Morgan fingerprint density at radius 2 is 1.81 bits per heavy atom. The van der Waals surface area contributed by atoms with Gasteiger partial charge in [0.25, 0.3) is 0 Å². The highest BCUT2D eigenvalue weighted by Gasteiger charge is 2.40. The third-order valence-electron chi connectivity index (χ3n) is 4.79. The molecule has 0 spiro atoms. The van der Waals surface area contributed by atoms with Crippen LogP contribution in [0.3, 0.4) is 0 Å². The van der Waals surface area contributed by atoms with Crippen LogP contribution in [0.5, 0.6) is 11.5 Å². The van der Waals surface area contributed by atoms with E-state index in [-0.39, 0.29) is 23.1 Å². The Labute approximate surface area is 157 Å². The summed E-state index contributed by atoms with van der Waals surface area (Å²) in [5.74, 6) is -1.02. The van der Waals surface area contributed by atoms with Crippen LogP contribution in [0.15, 0.2) is 30.3 Å². The van der Waals surface area contributed by atoms with Crippen molar-refractivity contribution in [2.24, 2.45) is 5.92 Å². The minimum absolute atomic E-state index is 0.0460. The number of rotatable bonds is 7. The first-order chi connectivity index (χ1) is 12.8. The predicted molar refractivity (Wildman–Crippen MR) is 99.1 cm³/mol. The van der Waals surface area contributed by atoms with Crippen molar-refractivity contribution in [2.75, 3.05) is 7.11 Å². The summed E-state index contributed by atoms with van der Waals surface area (Å²) in [6, 6.07) is 8.66. The number of benzene rings is 2. The number of methoxy groups -OCH3 is 1. The highest BCUT2D eigenvalue weighted by Crippen LogP contribution is 2.39. The zero-order chi connectivity index (χ0) is 19.7. The number of aromatic carboxylic acids is 2. The predicted octanol–water partition coefficient (Wildman–Crippen LogP) is 3.72. The second kappa shape index (κ2) is 7.31.